The summed E-state index contributed by atoms with van der Waals surface area (Å²) in [4.78, 5) is 2.86. The summed E-state index contributed by atoms with van der Waals surface area (Å²) in [6.45, 7) is 1.99. The summed E-state index contributed by atoms with van der Waals surface area (Å²) in [7, 11) is 0. The highest BCUT2D eigenvalue weighted by Crippen LogP contribution is 2.47. The molecule has 0 aliphatic heterocycles. The highest BCUT2D eigenvalue weighted by atomic mass is 32.2. The molecule has 1 aromatic carbocycles. The van der Waals surface area contributed by atoms with E-state index >= 15 is 0 Å². The second-order valence-corrected chi connectivity index (χ2v) is 6.75. The lowest BCUT2D eigenvalue weighted by molar-refractivity contribution is -0.137. The molecule has 0 fully saturated rings. The van der Waals surface area contributed by atoms with Crippen LogP contribution in [0.5, 0.6) is 5.75 Å². The van der Waals surface area contributed by atoms with Crippen molar-refractivity contribution in [1.29, 1.82) is 0 Å². The van der Waals surface area contributed by atoms with Gasteiger partial charge in [0.25, 0.3) is 0 Å². The summed E-state index contributed by atoms with van der Waals surface area (Å²) in [5, 5.41) is 13.7. The average molecular weight is 382 g/mol. The number of furan rings is 1. The fourth-order valence-electron chi connectivity index (χ4n) is 2.55. The zero-order valence-corrected chi connectivity index (χ0v) is 14.7. The van der Waals surface area contributed by atoms with Crippen LogP contribution in [0.2, 0.25) is 0 Å². The van der Waals surface area contributed by atoms with Gasteiger partial charge in [0.1, 0.15) is 0 Å². The van der Waals surface area contributed by atoms with Crippen LogP contribution in [0.25, 0.3) is 22.5 Å². The van der Waals surface area contributed by atoms with Gasteiger partial charge in [-0.1, -0.05) is 19.1 Å². The Morgan fingerprint density at radius 2 is 2.04 bits per heavy atom. The monoisotopic (exact) mass is 382 g/mol. The van der Waals surface area contributed by atoms with E-state index in [2.05, 4.69) is 10.3 Å². The number of nitrogens with one attached hydrogen (secondary N) is 2. The zero-order valence-electron chi connectivity index (χ0n) is 13.9. The third-order valence-electron chi connectivity index (χ3n) is 3.76. The van der Waals surface area contributed by atoms with E-state index in [0.29, 0.717) is 11.4 Å². The first-order valence-corrected chi connectivity index (χ1v) is 9.05. The van der Waals surface area contributed by atoms with Crippen molar-refractivity contribution in [2.75, 3.05) is 16.9 Å². The Labute approximate surface area is 152 Å². The fourth-order valence-corrected chi connectivity index (χ4v) is 2.98. The van der Waals surface area contributed by atoms with Gasteiger partial charge in [-0.3, -0.25) is 0 Å². The first kappa shape index (κ1) is 18.3. The Hall–Kier alpha value is -2.48. The minimum atomic E-state index is -4.47. The summed E-state index contributed by atoms with van der Waals surface area (Å²) in [6, 6.07) is 6.53. The molecular weight excluding hydrogens is 365 g/mol. The van der Waals surface area contributed by atoms with Gasteiger partial charge < -0.3 is 19.8 Å². The number of thioether (sulfide) groups is 1. The molecule has 3 N–H and O–H groups in total. The summed E-state index contributed by atoms with van der Waals surface area (Å²) < 4.78 is 44.9. The van der Waals surface area contributed by atoms with Gasteiger partial charge in [0.2, 0.25) is 5.88 Å². The number of aromatic hydroxyl groups is 1. The number of halogens is 3. The van der Waals surface area contributed by atoms with Gasteiger partial charge in [-0.05, 0) is 29.5 Å². The highest BCUT2D eigenvalue weighted by molar-refractivity contribution is 7.99. The molecule has 0 saturated heterocycles. The van der Waals surface area contributed by atoms with Crippen LogP contribution >= 0.6 is 11.8 Å². The molecular formula is C18H17F3N2O2S. The Bertz CT molecular complexity index is 873. The second kappa shape index (κ2) is 7.41. The van der Waals surface area contributed by atoms with Crippen LogP contribution < -0.4 is 5.32 Å². The van der Waals surface area contributed by atoms with Crippen LogP contribution in [-0.2, 0) is 6.18 Å². The van der Waals surface area contributed by atoms with Crippen LogP contribution in [-0.4, -0.2) is 21.7 Å². The van der Waals surface area contributed by atoms with Crippen molar-refractivity contribution in [3.63, 3.8) is 0 Å². The minimum absolute atomic E-state index is 0.197. The first-order valence-electron chi connectivity index (χ1n) is 7.90. The number of aromatic nitrogens is 1. The average Bonchev–Trinajstić information content (AvgIpc) is 3.22. The van der Waals surface area contributed by atoms with E-state index < -0.39 is 11.7 Å². The van der Waals surface area contributed by atoms with Crippen LogP contribution in [0, 0.1) is 0 Å². The Morgan fingerprint density at radius 1 is 1.23 bits per heavy atom. The van der Waals surface area contributed by atoms with E-state index in [1.807, 2.05) is 6.92 Å². The molecule has 0 unspecified atom stereocenters. The third kappa shape index (κ3) is 3.70. The molecule has 0 radical (unpaired) electrons. The van der Waals surface area contributed by atoms with E-state index in [4.69, 9.17) is 4.42 Å². The molecule has 2 aromatic heterocycles. The molecule has 138 valence electrons. The van der Waals surface area contributed by atoms with Gasteiger partial charge in [-0.25, -0.2) is 0 Å². The predicted octanol–water partition coefficient (Wildman–Crippen LogP) is 5.79. The van der Waals surface area contributed by atoms with Gasteiger partial charge >= 0.3 is 6.18 Å². The molecule has 0 amide bonds. The molecule has 4 nitrogen and oxygen atoms in total. The van der Waals surface area contributed by atoms with Crippen molar-refractivity contribution in [2.45, 2.75) is 13.1 Å². The van der Waals surface area contributed by atoms with Gasteiger partial charge in [0.05, 0.1) is 17.0 Å². The smallest absolute Gasteiger partial charge is 0.416 e. The topological polar surface area (TPSA) is 61.2 Å². The van der Waals surface area contributed by atoms with Crippen molar-refractivity contribution in [3.05, 3.63) is 48.3 Å². The number of H-pyrrole nitrogens is 1. The van der Waals surface area contributed by atoms with Gasteiger partial charge in [0.15, 0.2) is 11.5 Å². The normalized spacial score (nSPS) is 11.7. The van der Waals surface area contributed by atoms with E-state index in [9.17, 15) is 18.3 Å². The van der Waals surface area contributed by atoms with Gasteiger partial charge in [0, 0.05) is 18.0 Å². The number of anilines is 1. The largest absolute Gasteiger partial charge is 0.504 e. The molecule has 0 aliphatic carbocycles. The lowest BCUT2D eigenvalue weighted by Crippen LogP contribution is -2.04. The molecule has 2 heterocycles. The molecule has 8 heteroatoms. The van der Waals surface area contributed by atoms with E-state index in [1.165, 1.54) is 12.1 Å². The molecule has 0 spiro atoms. The Balaban J connectivity index is 2.10. The lowest BCUT2D eigenvalue weighted by atomic mass is 10.0. The van der Waals surface area contributed by atoms with Gasteiger partial charge in [-0.15, -0.1) is 11.8 Å². The number of hydrogen-bond donors (Lipinski definition) is 3. The maximum Gasteiger partial charge on any atom is 0.416 e. The minimum Gasteiger partial charge on any atom is -0.504 e. The molecule has 0 saturated carbocycles. The summed E-state index contributed by atoms with van der Waals surface area (Å²) in [6.07, 6.45) is -1.16. The SMILES string of the molecule is CCSCNc1oc(-c2cc[nH]c2)c(O)c1-c1cccc(C(F)(F)F)c1. The summed E-state index contributed by atoms with van der Waals surface area (Å²) >= 11 is 1.59. The fraction of sp³-hybridized carbons (Fsp3) is 0.222. The van der Waals surface area contributed by atoms with Crippen LogP contribution in [0.4, 0.5) is 19.1 Å². The molecule has 0 bridgehead atoms. The summed E-state index contributed by atoms with van der Waals surface area (Å²) in [5.41, 5.74) is 0.260. The van der Waals surface area contributed by atoms with Crippen LogP contribution in [0.15, 0.2) is 47.1 Å². The van der Waals surface area contributed by atoms with Crippen molar-refractivity contribution < 1.29 is 22.7 Å². The van der Waals surface area contributed by atoms with E-state index in [0.717, 1.165) is 17.9 Å². The quantitative estimate of drug-likeness (QED) is 0.373. The Kier molecular flexibility index (Phi) is 5.22. The highest BCUT2D eigenvalue weighted by Gasteiger charge is 2.31. The van der Waals surface area contributed by atoms with Crippen molar-refractivity contribution in [3.8, 4) is 28.2 Å². The van der Waals surface area contributed by atoms with Crippen molar-refractivity contribution in [1.82, 2.24) is 4.98 Å². The van der Waals surface area contributed by atoms with Crippen molar-refractivity contribution in [2.24, 2.45) is 0 Å². The maximum absolute atomic E-state index is 13.1. The number of rotatable bonds is 6. The first-order chi connectivity index (χ1) is 12.4. The number of alkyl halides is 3. The van der Waals surface area contributed by atoms with E-state index in [1.54, 1.807) is 30.2 Å². The second-order valence-electron chi connectivity index (χ2n) is 5.48. The lowest BCUT2D eigenvalue weighted by Gasteiger charge is -2.10. The maximum atomic E-state index is 13.1. The summed E-state index contributed by atoms with van der Waals surface area (Å²) in [5.74, 6) is 1.60. The molecule has 3 rings (SSSR count). The Morgan fingerprint density at radius 3 is 2.69 bits per heavy atom. The zero-order chi connectivity index (χ0) is 18.7. The third-order valence-corrected chi connectivity index (χ3v) is 4.52. The molecule has 0 aliphatic rings. The number of aromatic amines is 1. The number of benzene rings is 1. The molecule has 3 aromatic rings. The number of hydrogen-bond acceptors (Lipinski definition) is 4. The van der Waals surface area contributed by atoms with Crippen LogP contribution in [0.3, 0.4) is 0 Å². The van der Waals surface area contributed by atoms with Gasteiger partial charge in [-0.2, -0.15) is 13.2 Å². The van der Waals surface area contributed by atoms with E-state index in [-0.39, 0.29) is 28.5 Å². The molecule has 0 atom stereocenters. The molecule has 26 heavy (non-hydrogen) atoms. The predicted molar refractivity (Wildman–Crippen MR) is 97.2 cm³/mol. The van der Waals surface area contributed by atoms with Crippen LogP contribution in [0.1, 0.15) is 12.5 Å². The standard InChI is InChI=1S/C18H17F3N2O2S/c1-2-26-10-23-17-14(11-4-3-5-13(8-11)18(19,20)21)15(24)16(25-17)12-6-7-22-9-12/h3-9,22-24H,2,10H2,1H3. The van der Waals surface area contributed by atoms with Crippen molar-refractivity contribution >= 4 is 17.6 Å².